The maximum Gasteiger partial charge on any atom is 0.338 e. The van der Waals surface area contributed by atoms with Gasteiger partial charge in [0.15, 0.2) is 10.9 Å². The Labute approximate surface area is 203 Å². The fourth-order valence-corrected chi connectivity index (χ4v) is 4.16. The molecule has 11 heteroatoms. The van der Waals surface area contributed by atoms with E-state index < -0.39 is 16.8 Å². The van der Waals surface area contributed by atoms with E-state index in [-0.39, 0.29) is 22.8 Å². The number of rotatable bonds is 9. The van der Waals surface area contributed by atoms with Crippen LogP contribution in [0.2, 0.25) is 0 Å². The normalized spacial score (nSPS) is 10.8. The van der Waals surface area contributed by atoms with Crippen molar-refractivity contribution >= 4 is 44.2 Å². The average Bonchev–Trinajstić information content (AvgIpc) is 3.50. The zero-order chi connectivity index (χ0) is 24.9. The van der Waals surface area contributed by atoms with Crippen molar-refractivity contribution in [3.63, 3.8) is 0 Å². The van der Waals surface area contributed by atoms with Crippen LogP contribution in [-0.2, 0) is 4.74 Å². The van der Waals surface area contributed by atoms with Gasteiger partial charge in [-0.1, -0.05) is 24.7 Å². The summed E-state index contributed by atoms with van der Waals surface area (Å²) in [5.74, 6) is -0.511. The zero-order valence-corrected chi connectivity index (χ0v) is 19.7. The number of nitro groups is 1. The molecule has 1 N–H and O–H groups in total. The van der Waals surface area contributed by atoms with Crippen molar-refractivity contribution in [2.45, 2.75) is 19.8 Å². The van der Waals surface area contributed by atoms with Gasteiger partial charge in [0.2, 0.25) is 0 Å². The number of esters is 1. The molecular weight excluding hydrogens is 474 g/mol. The van der Waals surface area contributed by atoms with Crippen LogP contribution >= 0.6 is 11.3 Å². The molecule has 0 bridgehead atoms. The topological polar surface area (TPSA) is 134 Å². The number of hydrogen-bond donors (Lipinski definition) is 1. The van der Waals surface area contributed by atoms with Crippen molar-refractivity contribution in [3.05, 3.63) is 70.0 Å². The van der Waals surface area contributed by atoms with E-state index in [0.29, 0.717) is 33.3 Å². The number of unbranched alkanes of at least 4 members (excludes halogenated alkanes) is 1. The first-order valence-corrected chi connectivity index (χ1v) is 11.5. The number of ether oxygens (including phenoxy) is 2. The third-order valence-electron chi connectivity index (χ3n) is 5.07. The molecule has 0 aliphatic heterocycles. The molecule has 2 heterocycles. The summed E-state index contributed by atoms with van der Waals surface area (Å²) in [6.07, 6.45) is 1.73. The van der Waals surface area contributed by atoms with Gasteiger partial charge in [0, 0.05) is 0 Å². The van der Waals surface area contributed by atoms with Gasteiger partial charge in [0.1, 0.15) is 11.5 Å². The van der Waals surface area contributed by atoms with E-state index in [9.17, 15) is 19.7 Å². The molecule has 0 atom stereocenters. The molecule has 2 aromatic heterocycles. The Kier molecular flexibility index (Phi) is 7.06. The molecule has 0 saturated carbocycles. The number of nitrogens with zero attached hydrogens (tertiary/aromatic N) is 2. The fraction of sp³-hybridized carbons (Fsp3) is 0.208. The van der Waals surface area contributed by atoms with Crippen molar-refractivity contribution in [1.82, 2.24) is 4.98 Å². The Balaban J connectivity index is 1.50. The second kappa shape index (κ2) is 10.3. The Morgan fingerprint density at radius 2 is 2.00 bits per heavy atom. The molecule has 0 aliphatic rings. The minimum Gasteiger partial charge on any atom is -0.497 e. The summed E-state index contributed by atoms with van der Waals surface area (Å²) in [5, 5.41) is 14.4. The van der Waals surface area contributed by atoms with Gasteiger partial charge in [0.05, 0.1) is 46.0 Å². The SMILES string of the molecule is CCCCOC(=O)c1ccc2nc(NC(=O)c3ccc(-c4ccc(OC)cc4[N+](=O)[O-])o3)sc2c1. The van der Waals surface area contributed by atoms with Crippen molar-refractivity contribution in [2.24, 2.45) is 0 Å². The molecule has 1 amide bonds. The summed E-state index contributed by atoms with van der Waals surface area (Å²) in [6, 6.07) is 12.2. The number of nitrogens with one attached hydrogen (secondary N) is 1. The molecule has 0 unspecified atom stereocenters. The summed E-state index contributed by atoms with van der Waals surface area (Å²) in [6.45, 7) is 2.38. The highest BCUT2D eigenvalue weighted by Crippen LogP contribution is 2.34. The fourth-order valence-electron chi connectivity index (χ4n) is 3.26. The average molecular weight is 496 g/mol. The maximum atomic E-state index is 12.7. The van der Waals surface area contributed by atoms with Crippen LogP contribution in [-0.4, -0.2) is 35.5 Å². The lowest BCUT2D eigenvalue weighted by atomic mass is 10.1. The number of carbonyl (C=O) groups is 2. The van der Waals surface area contributed by atoms with Crippen LogP contribution in [0, 0.1) is 10.1 Å². The molecule has 0 fully saturated rings. The summed E-state index contributed by atoms with van der Waals surface area (Å²) in [5.41, 5.74) is 1.03. The highest BCUT2D eigenvalue weighted by Gasteiger charge is 2.21. The van der Waals surface area contributed by atoms with E-state index in [1.807, 2.05) is 6.92 Å². The van der Waals surface area contributed by atoms with Gasteiger partial charge >= 0.3 is 5.97 Å². The predicted octanol–water partition coefficient (Wildman–Crippen LogP) is 5.68. The monoisotopic (exact) mass is 495 g/mol. The number of thiazole rings is 1. The van der Waals surface area contributed by atoms with Gasteiger partial charge in [-0.15, -0.1) is 0 Å². The molecule has 4 aromatic rings. The predicted molar refractivity (Wildman–Crippen MR) is 130 cm³/mol. The Morgan fingerprint density at radius 3 is 2.74 bits per heavy atom. The third kappa shape index (κ3) is 5.30. The molecule has 4 rings (SSSR count). The number of methoxy groups -OCH3 is 1. The minimum absolute atomic E-state index is 0.0374. The zero-order valence-electron chi connectivity index (χ0n) is 18.9. The molecule has 0 aliphatic carbocycles. The van der Waals surface area contributed by atoms with E-state index in [0.717, 1.165) is 12.8 Å². The second-order valence-electron chi connectivity index (χ2n) is 7.45. The molecule has 35 heavy (non-hydrogen) atoms. The van der Waals surface area contributed by atoms with Crippen molar-refractivity contribution < 1.29 is 28.4 Å². The van der Waals surface area contributed by atoms with E-state index in [1.165, 1.54) is 42.7 Å². The second-order valence-corrected chi connectivity index (χ2v) is 8.48. The van der Waals surface area contributed by atoms with Gasteiger partial charge in [0.25, 0.3) is 11.6 Å². The van der Waals surface area contributed by atoms with Gasteiger partial charge in [-0.05, 0) is 48.9 Å². The molecule has 2 aromatic carbocycles. The first-order valence-electron chi connectivity index (χ1n) is 10.7. The summed E-state index contributed by atoms with van der Waals surface area (Å²) in [7, 11) is 1.41. The van der Waals surface area contributed by atoms with E-state index in [2.05, 4.69) is 10.3 Å². The Morgan fingerprint density at radius 1 is 1.17 bits per heavy atom. The molecule has 10 nitrogen and oxygen atoms in total. The van der Waals surface area contributed by atoms with Gasteiger partial charge < -0.3 is 13.9 Å². The molecule has 0 spiro atoms. The van der Waals surface area contributed by atoms with Crippen LogP contribution in [0.5, 0.6) is 5.75 Å². The number of carbonyl (C=O) groups excluding carboxylic acids is 2. The van der Waals surface area contributed by atoms with Crippen LogP contribution < -0.4 is 10.1 Å². The lowest BCUT2D eigenvalue weighted by molar-refractivity contribution is -0.384. The highest BCUT2D eigenvalue weighted by molar-refractivity contribution is 7.22. The van der Waals surface area contributed by atoms with Gasteiger partial charge in [-0.25, -0.2) is 9.78 Å². The minimum atomic E-state index is -0.564. The lowest BCUT2D eigenvalue weighted by Crippen LogP contribution is -2.10. The first-order chi connectivity index (χ1) is 16.9. The smallest absolute Gasteiger partial charge is 0.338 e. The third-order valence-corrected chi connectivity index (χ3v) is 6.01. The van der Waals surface area contributed by atoms with Gasteiger partial charge in [-0.2, -0.15) is 0 Å². The number of hydrogen-bond acceptors (Lipinski definition) is 9. The molecule has 0 saturated heterocycles. The number of fused-ring (bicyclic) bond motifs is 1. The Hall–Kier alpha value is -4.25. The van der Waals surface area contributed by atoms with Crippen molar-refractivity contribution in [1.29, 1.82) is 0 Å². The summed E-state index contributed by atoms with van der Waals surface area (Å²) < 4.78 is 16.6. The quantitative estimate of drug-likeness (QED) is 0.136. The molecule has 0 radical (unpaired) electrons. The number of furan rings is 1. The number of anilines is 1. The first kappa shape index (κ1) is 23.9. The van der Waals surface area contributed by atoms with Crippen LogP contribution in [0.1, 0.15) is 40.7 Å². The standard InChI is InChI=1S/C24H21N3O7S/c1-3-4-11-33-23(29)14-5-8-17-21(12-14)35-24(25-17)26-22(28)20-10-9-19(34-20)16-7-6-15(32-2)13-18(16)27(30)31/h5-10,12-13H,3-4,11H2,1-2H3,(H,25,26,28). The number of aromatic nitrogens is 1. The van der Waals surface area contributed by atoms with Crippen LogP contribution in [0.4, 0.5) is 10.8 Å². The molecular formula is C24H21N3O7S. The summed E-state index contributed by atoms with van der Waals surface area (Å²) in [4.78, 5) is 40.2. The van der Waals surface area contributed by atoms with Crippen LogP contribution in [0.25, 0.3) is 21.5 Å². The van der Waals surface area contributed by atoms with E-state index >= 15 is 0 Å². The number of nitro benzene ring substituents is 1. The van der Waals surface area contributed by atoms with Crippen LogP contribution in [0.3, 0.4) is 0 Å². The highest BCUT2D eigenvalue weighted by atomic mass is 32.1. The molecule has 180 valence electrons. The lowest BCUT2D eigenvalue weighted by Gasteiger charge is -2.03. The maximum absolute atomic E-state index is 12.7. The Bertz CT molecular complexity index is 1410. The van der Waals surface area contributed by atoms with Crippen LogP contribution in [0.15, 0.2) is 52.9 Å². The number of amides is 1. The van der Waals surface area contributed by atoms with Crippen molar-refractivity contribution in [2.75, 3.05) is 19.0 Å². The van der Waals surface area contributed by atoms with E-state index in [1.54, 1.807) is 24.3 Å². The largest absolute Gasteiger partial charge is 0.497 e. The number of benzene rings is 2. The van der Waals surface area contributed by atoms with Gasteiger partial charge in [-0.3, -0.25) is 20.2 Å². The van der Waals surface area contributed by atoms with Crippen molar-refractivity contribution in [3.8, 4) is 17.1 Å². The van der Waals surface area contributed by atoms with E-state index in [4.69, 9.17) is 13.9 Å². The summed E-state index contributed by atoms with van der Waals surface area (Å²) >= 11 is 1.20.